The molecule has 1 saturated heterocycles. The van der Waals surface area contributed by atoms with Crippen molar-refractivity contribution < 1.29 is 29.0 Å². The van der Waals surface area contributed by atoms with Crippen LogP contribution >= 0.6 is 0 Å². The maximum atomic E-state index is 12.7. The summed E-state index contributed by atoms with van der Waals surface area (Å²) in [5.41, 5.74) is 0.516. The summed E-state index contributed by atoms with van der Waals surface area (Å²) < 4.78 is 10.8. The third kappa shape index (κ3) is 7.95. The summed E-state index contributed by atoms with van der Waals surface area (Å²) in [5, 5.41) is 15.2. The number of rotatable bonds is 12. The van der Waals surface area contributed by atoms with Crippen LogP contribution in [0.1, 0.15) is 52.0 Å². The van der Waals surface area contributed by atoms with E-state index in [-0.39, 0.29) is 13.0 Å². The molecule has 4 atom stereocenters. The van der Waals surface area contributed by atoms with Crippen LogP contribution in [0, 0.1) is 0 Å². The predicted octanol–water partition coefficient (Wildman–Crippen LogP) is 2.06. The number of hydrogen-bond acceptors (Lipinski definition) is 6. The average Bonchev–Trinajstić information content (AvgIpc) is 3.17. The highest BCUT2D eigenvalue weighted by Crippen LogP contribution is 2.29. The molecule has 172 valence electrons. The zero-order valence-corrected chi connectivity index (χ0v) is 18.6. The Morgan fingerprint density at radius 3 is 2.52 bits per heavy atom. The van der Waals surface area contributed by atoms with E-state index in [4.69, 9.17) is 9.47 Å². The van der Waals surface area contributed by atoms with Gasteiger partial charge in [-0.05, 0) is 52.0 Å². The number of carboxylic acid groups (broad SMARTS) is 1. The average molecular weight is 435 g/mol. The van der Waals surface area contributed by atoms with E-state index in [2.05, 4.69) is 10.6 Å². The minimum atomic E-state index is -1.11. The standard InChI is InChI=1S/C23H34N2O6/c1-4-30-22(29)18(12-11-17-9-6-5-7-10-17)24-16(2)20(26)25-19(21(27)28)15-23(3)13-8-14-31-23/h5-7,9-10,16,18-19,24H,4,8,11-15H2,1-3H3,(H,25,26)(H,27,28)/t16-,18?,19-,23?/m0/s1. The lowest BCUT2D eigenvalue weighted by molar-refractivity contribution is -0.147. The molecule has 0 saturated carbocycles. The molecule has 8 heteroatoms. The van der Waals surface area contributed by atoms with E-state index in [9.17, 15) is 19.5 Å². The molecule has 1 amide bonds. The largest absolute Gasteiger partial charge is 0.480 e. The van der Waals surface area contributed by atoms with Crippen molar-refractivity contribution in [3.05, 3.63) is 35.9 Å². The van der Waals surface area contributed by atoms with Gasteiger partial charge < -0.3 is 19.9 Å². The molecule has 8 nitrogen and oxygen atoms in total. The molecule has 2 unspecified atom stereocenters. The number of amides is 1. The summed E-state index contributed by atoms with van der Waals surface area (Å²) in [7, 11) is 0. The summed E-state index contributed by atoms with van der Waals surface area (Å²) >= 11 is 0. The van der Waals surface area contributed by atoms with E-state index in [1.807, 2.05) is 37.3 Å². The van der Waals surface area contributed by atoms with Gasteiger partial charge in [0, 0.05) is 13.0 Å². The molecule has 1 aliphatic heterocycles. The van der Waals surface area contributed by atoms with Gasteiger partial charge in [-0.1, -0.05) is 30.3 Å². The number of aliphatic carboxylic acids is 1. The van der Waals surface area contributed by atoms with Gasteiger partial charge in [-0.25, -0.2) is 4.79 Å². The first-order valence-corrected chi connectivity index (χ1v) is 10.9. The lowest BCUT2D eigenvalue weighted by Crippen LogP contribution is -2.54. The molecule has 1 fully saturated rings. The van der Waals surface area contributed by atoms with E-state index in [1.165, 1.54) is 0 Å². The lowest BCUT2D eigenvalue weighted by atomic mass is 9.93. The van der Waals surface area contributed by atoms with Crippen molar-refractivity contribution in [2.75, 3.05) is 13.2 Å². The van der Waals surface area contributed by atoms with Gasteiger partial charge in [-0.2, -0.15) is 0 Å². The molecule has 1 aliphatic rings. The number of ether oxygens (including phenoxy) is 2. The second-order valence-electron chi connectivity index (χ2n) is 8.22. The van der Waals surface area contributed by atoms with Crippen molar-refractivity contribution >= 4 is 17.8 Å². The Morgan fingerprint density at radius 1 is 1.23 bits per heavy atom. The summed E-state index contributed by atoms with van der Waals surface area (Å²) in [6, 6.07) is 7.21. The number of esters is 1. The summed E-state index contributed by atoms with van der Waals surface area (Å²) in [4.78, 5) is 36.8. The lowest BCUT2D eigenvalue weighted by Gasteiger charge is -2.28. The summed E-state index contributed by atoms with van der Waals surface area (Å²) in [5.74, 6) is -2.02. The Bertz CT molecular complexity index is 733. The minimum absolute atomic E-state index is 0.191. The molecular weight excluding hydrogens is 400 g/mol. The highest BCUT2D eigenvalue weighted by Gasteiger charge is 2.36. The van der Waals surface area contributed by atoms with Gasteiger partial charge >= 0.3 is 11.9 Å². The molecule has 0 radical (unpaired) electrons. The van der Waals surface area contributed by atoms with Crippen LogP contribution in [0.3, 0.4) is 0 Å². The van der Waals surface area contributed by atoms with E-state index in [0.29, 0.717) is 19.4 Å². The fraction of sp³-hybridized carbons (Fsp3) is 0.609. The SMILES string of the molecule is CCOC(=O)C(CCc1ccccc1)N[C@@H](C)C(=O)N[C@@H](CC1(C)CCCO1)C(=O)O. The van der Waals surface area contributed by atoms with Crippen molar-refractivity contribution in [1.29, 1.82) is 0 Å². The van der Waals surface area contributed by atoms with E-state index >= 15 is 0 Å². The molecule has 1 aromatic carbocycles. The molecule has 2 rings (SSSR count). The van der Waals surface area contributed by atoms with Crippen LogP contribution in [0.5, 0.6) is 0 Å². The number of carboxylic acids is 1. The Labute approximate surface area is 183 Å². The molecule has 1 heterocycles. The highest BCUT2D eigenvalue weighted by atomic mass is 16.5. The zero-order valence-electron chi connectivity index (χ0n) is 18.6. The van der Waals surface area contributed by atoms with Crippen LogP contribution in [-0.2, 0) is 30.3 Å². The van der Waals surface area contributed by atoms with Crippen LogP contribution in [0.25, 0.3) is 0 Å². The molecule has 1 aromatic rings. The fourth-order valence-corrected chi connectivity index (χ4v) is 3.77. The quantitative estimate of drug-likeness (QED) is 0.432. The van der Waals surface area contributed by atoms with Crippen LogP contribution in [-0.4, -0.2) is 59.9 Å². The molecule has 0 aliphatic carbocycles. The first-order valence-electron chi connectivity index (χ1n) is 10.9. The van der Waals surface area contributed by atoms with Crippen LogP contribution < -0.4 is 10.6 Å². The number of carbonyl (C=O) groups excluding carboxylic acids is 2. The van der Waals surface area contributed by atoms with Gasteiger partial charge in [0.15, 0.2) is 0 Å². The summed E-state index contributed by atoms with van der Waals surface area (Å²) in [6.45, 7) is 6.03. The Kier molecular flexibility index (Phi) is 9.45. The van der Waals surface area contributed by atoms with E-state index in [0.717, 1.165) is 18.4 Å². The predicted molar refractivity (Wildman–Crippen MR) is 116 cm³/mol. The zero-order chi connectivity index (χ0) is 22.9. The van der Waals surface area contributed by atoms with E-state index < -0.39 is 41.6 Å². The Balaban J connectivity index is 1.97. The monoisotopic (exact) mass is 434 g/mol. The van der Waals surface area contributed by atoms with Crippen LogP contribution in [0.15, 0.2) is 30.3 Å². The Morgan fingerprint density at radius 2 is 1.94 bits per heavy atom. The van der Waals surface area contributed by atoms with E-state index in [1.54, 1.807) is 13.8 Å². The van der Waals surface area contributed by atoms with Crippen molar-refractivity contribution in [2.24, 2.45) is 0 Å². The van der Waals surface area contributed by atoms with Gasteiger partial charge in [0.05, 0.1) is 18.2 Å². The first kappa shape index (κ1) is 24.8. The van der Waals surface area contributed by atoms with Gasteiger partial charge in [-0.3, -0.25) is 14.9 Å². The minimum Gasteiger partial charge on any atom is -0.480 e. The maximum absolute atomic E-state index is 12.7. The molecule has 31 heavy (non-hydrogen) atoms. The van der Waals surface area contributed by atoms with Crippen LogP contribution in [0.4, 0.5) is 0 Å². The number of aryl methyl sites for hydroxylation is 1. The number of carbonyl (C=O) groups is 3. The number of benzene rings is 1. The third-order valence-corrected chi connectivity index (χ3v) is 5.53. The van der Waals surface area contributed by atoms with Crippen molar-refractivity contribution in [3.8, 4) is 0 Å². The molecule has 0 spiro atoms. The molecule has 0 bridgehead atoms. The first-order chi connectivity index (χ1) is 14.7. The van der Waals surface area contributed by atoms with Gasteiger partial charge in [0.25, 0.3) is 0 Å². The van der Waals surface area contributed by atoms with Crippen molar-refractivity contribution in [1.82, 2.24) is 10.6 Å². The molecule has 0 aromatic heterocycles. The van der Waals surface area contributed by atoms with Crippen molar-refractivity contribution in [2.45, 2.75) is 76.6 Å². The number of nitrogens with one attached hydrogen (secondary N) is 2. The topological polar surface area (TPSA) is 114 Å². The summed E-state index contributed by atoms with van der Waals surface area (Å²) in [6.07, 6.45) is 2.91. The van der Waals surface area contributed by atoms with Crippen molar-refractivity contribution in [3.63, 3.8) is 0 Å². The third-order valence-electron chi connectivity index (χ3n) is 5.53. The van der Waals surface area contributed by atoms with Gasteiger partial charge in [-0.15, -0.1) is 0 Å². The smallest absolute Gasteiger partial charge is 0.326 e. The highest BCUT2D eigenvalue weighted by molar-refractivity contribution is 5.87. The molecule has 3 N–H and O–H groups in total. The number of hydrogen-bond donors (Lipinski definition) is 3. The fourth-order valence-electron chi connectivity index (χ4n) is 3.77. The van der Waals surface area contributed by atoms with Gasteiger partial charge in [0.2, 0.25) is 5.91 Å². The maximum Gasteiger partial charge on any atom is 0.326 e. The Hall–Kier alpha value is -2.45. The second kappa shape index (κ2) is 11.8. The normalized spacial score (nSPS) is 21.1. The van der Waals surface area contributed by atoms with Gasteiger partial charge in [0.1, 0.15) is 12.1 Å². The molecular formula is C23H34N2O6. The second-order valence-corrected chi connectivity index (χ2v) is 8.22. The van der Waals surface area contributed by atoms with Crippen LogP contribution in [0.2, 0.25) is 0 Å².